The summed E-state index contributed by atoms with van der Waals surface area (Å²) in [6.07, 6.45) is -4.13. The van der Waals surface area contributed by atoms with Gasteiger partial charge in [0.1, 0.15) is 23.2 Å². The van der Waals surface area contributed by atoms with Crippen molar-refractivity contribution in [1.82, 2.24) is 9.97 Å². The number of hydrogen-bond acceptors (Lipinski definition) is 4. The van der Waals surface area contributed by atoms with E-state index in [9.17, 15) is 17.6 Å². The standard InChI is InChI=1S/C21H18BrF4N3O/c1-10-6-7-30-18-12(4-3-5-14(18)21(24,25)26)11(2)27-20-13-8-15(22)16(23)9-17(13)28-19(10)29-20/h3-5,8-11H,6-7H2,1-2H3,(H,27,28,29)/t10-,11-/m1/s1. The Balaban J connectivity index is 1.90. The molecule has 158 valence electrons. The van der Waals surface area contributed by atoms with Crippen LogP contribution < -0.4 is 10.1 Å². The van der Waals surface area contributed by atoms with E-state index in [4.69, 9.17) is 4.74 Å². The molecule has 2 aromatic carbocycles. The lowest BCUT2D eigenvalue weighted by Crippen LogP contribution is -2.15. The quantitative estimate of drug-likeness (QED) is 0.365. The van der Waals surface area contributed by atoms with E-state index in [0.717, 1.165) is 6.07 Å². The number of nitrogens with zero attached hydrogens (tertiary/aromatic N) is 2. The third-order valence-corrected chi connectivity index (χ3v) is 5.77. The number of ether oxygens (including phenoxy) is 1. The molecule has 1 aliphatic rings. The second-order valence-corrected chi connectivity index (χ2v) is 8.19. The molecule has 0 spiro atoms. The van der Waals surface area contributed by atoms with Crippen molar-refractivity contribution in [3.05, 3.63) is 57.6 Å². The van der Waals surface area contributed by atoms with E-state index in [-0.39, 0.29) is 22.7 Å². The van der Waals surface area contributed by atoms with Crippen molar-refractivity contribution < 1.29 is 22.3 Å². The largest absolute Gasteiger partial charge is 0.493 e. The number of aromatic nitrogens is 2. The summed E-state index contributed by atoms with van der Waals surface area (Å²) in [5.41, 5.74) is -0.0198. The minimum absolute atomic E-state index is 0.0689. The molecule has 30 heavy (non-hydrogen) atoms. The van der Waals surface area contributed by atoms with Crippen LogP contribution in [0.25, 0.3) is 10.9 Å². The summed E-state index contributed by atoms with van der Waals surface area (Å²) in [6.45, 7) is 3.66. The van der Waals surface area contributed by atoms with Crippen molar-refractivity contribution in [2.45, 2.75) is 38.4 Å². The molecule has 0 aliphatic carbocycles. The fraction of sp³-hybridized carbons (Fsp3) is 0.333. The maximum Gasteiger partial charge on any atom is 0.419 e. The highest BCUT2D eigenvalue weighted by Crippen LogP contribution is 2.42. The van der Waals surface area contributed by atoms with Crippen LogP contribution in [0.15, 0.2) is 34.8 Å². The zero-order valence-electron chi connectivity index (χ0n) is 16.1. The lowest BCUT2D eigenvalue weighted by atomic mass is 10.0. The highest BCUT2D eigenvalue weighted by atomic mass is 79.9. The highest BCUT2D eigenvalue weighted by Gasteiger charge is 2.36. The average molecular weight is 484 g/mol. The number of nitrogens with one attached hydrogen (secondary N) is 1. The number of anilines is 1. The van der Waals surface area contributed by atoms with Gasteiger partial charge in [-0.3, -0.25) is 0 Å². The third-order valence-electron chi connectivity index (χ3n) is 5.16. The van der Waals surface area contributed by atoms with Crippen molar-refractivity contribution in [3.63, 3.8) is 0 Å². The van der Waals surface area contributed by atoms with Gasteiger partial charge in [0.2, 0.25) is 0 Å². The van der Waals surface area contributed by atoms with Crippen LogP contribution in [0, 0.1) is 5.82 Å². The maximum absolute atomic E-state index is 14.1. The van der Waals surface area contributed by atoms with Gasteiger partial charge >= 0.3 is 6.18 Å². The molecule has 4 nitrogen and oxygen atoms in total. The van der Waals surface area contributed by atoms with Gasteiger partial charge in [-0.2, -0.15) is 13.2 Å². The van der Waals surface area contributed by atoms with Gasteiger partial charge in [0.15, 0.2) is 0 Å². The SMILES string of the molecule is C[C@@H]1CCOc2c(cccc2C(F)(F)F)[C@@H](C)Nc2nc1nc1cc(F)c(Br)cc21. The Morgan fingerprint density at radius 1 is 1.17 bits per heavy atom. The van der Waals surface area contributed by atoms with Crippen LogP contribution in [0.2, 0.25) is 0 Å². The second-order valence-electron chi connectivity index (χ2n) is 7.34. The molecule has 4 rings (SSSR count). The van der Waals surface area contributed by atoms with Crippen LogP contribution in [0.5, 0.6) is 5.75 Å². The monoisotopic (exact) mass is 483 g/mol. The minimum Gasteiger partial charge on any atom is -0.493 e. The Kier molecular flexibility index (Phi) is 5.34. The fourth-order valence-corrected chi connectivity index (χ4v) is 3.85. The molecular weight excluding hydrogens is 466 g/mol. The van der Waals surface area contributed by atoms with E-state index >= 15 is 0 Å². The second kappa shape index (κ2) is 7.68. The summed E-state index contributed by atoms with van der Waals surface area (Å²) in [4.78, 5) is 9.08. The van der Waals surface area contributed by atoms with Crippen molar-refractivity contribution in [1.29, 1.82) is 0 Å². The smallest absolute Gasteiger partial charge is 0.419 e. The Bertz CT molecular complexity index is 1120. The first-order chi connectivity index (χ1) is 14.1. The summed E-state index contributed by atoms with van der Waals surface area (Å²) >= 11 is 3.17. The summed E-state index contributed by atoms with van der Waals surface area (Å²) in [5, 5.41) is 3.75. The first-order valence-corrected chi connectivity index (χ1v) is 10.2. The van der Waals surface area contributed by atoms with Crippen LogP contribution in [-0.4, -0.2) is 16.6 Å². The maximum atomic E-state index is 14.1. The van der Waals surface area contributed by atoms with E-state index in [1.807, 2.05) is 6.92 Å². The van der Waals surface area contributed by atoms with Gasteiger partial charge in [0, 0.05) is 22.9 Å². The number of rotatable bonds is 0. The molecule has 0 radical (unpaired) electrons. The number of alkyl halides is 3. The van der Waals surface area contributed by atoms with Crippen LogP contribution in [0.4, 0.5) is 23.4 Å². The normalized spacial score (nSPS) is 19.4. The van der Waals surface area contributed by atoms with Crippen molar-refractivity contribution in [3.8, 4) is 5.75 Å². The Hall–Kier alpha value is -2.42. The van der Waals surface area contributed by atoms with Gasteiger partial charge in [-0.15, -0.1) is 0 Å². The van der Waals surface area contributed by atoms with Gasteiger partial charge in [0.05, 0.1) is 28.2 Å². The first kappa shape index (κ1) is 20.8. The molecule has 0 amide bonds. The van der Waals surface area contributed by atoms with E-state index in [1.165, 1.54) is 12.1 Å². The van der Waals surface area contributed by atoms with Gasteiger partial charge < -0.3 is 10.1 Å². The van der Waals surface area contributed by atoms with Crippen LogP contribution >= 0.6 is 15.9 Å². The number of hydrogen-bond donors (Lipinski definition) is 1. The molecule has 0 saturated carbocycles. The molecule has 1 aromatic heterocycles. The van der Waals surface area contributed by atoms with Crippen molar-refractivity contribution in [2.24, 2.45) is 0 Å². The van der Waals surface area contributed by atoms with E-state index in [0.29, 0.717) is 34.5 Å². The van der Waals surface area contributed by atoms with Gasteiger partial charge in [-0.25, -0.2) is 14.4 Å². The molecule has 1 aliphatic heterocycles. The number of para-hydroxylation sites is 1. The predicted octanol–water partition coefficient (Wildman–Crippen LogP) is 6.61. The van der Waals surface area contributed by atoms with Crippen LogP contribution in [-0.2, 0) is 6.18 Å². The molecular formula is C21H18BrF4N3O. The van der Waals surface area contributed by atoms with Crippen molar-refractivity contribution in [2.75, 3.05) is 11.9 Å². The van der Waals surface area contributed by atoms with Gasteiger partial charge in [-0.05, 0) is 41.4 Å². The average Bonchev–Trinajstić information content (AvgIpc) is 2.69. The van der Waals surface area contributed by atoms with E-state index < -0.39 is 23.6 Å². The van der Waals surface area contributed by atoms with Gasteiger partial charge in [0.25, 0.3) is 0 Å². The van der Waals surface area contributed by atoms with Gasteiger partial charge in [-0.1, -0.05) is 19.1 Å². The fourth-order valence-electron chi connectivity index (χ4n) is 3.50. The molecule has 2 bridgehead atoms. The Morgan fingerprint density at radius 2 is 1.93 bits per heavy atom. The molecule has 0 unspecified atom stereocenters. The Labute approximate surface area is 178 Å². The topological polar surface area (TPSA) is 47.0 Å². The van der Waals surface area contributed by atoms with E-state index in [1.54, 1.807) is 19.1 Å². The Morgan fingerprint density at radius 3 is 2.67 bits per heavy atom. The molecule has 1 N–H and O–H groups in total. The summed E-state index contributed by atoms with van der Waals surface area (Å²) in [7, 11) is 0. The predicted molar refractivity (Wildman–Crippen MR) is 109 cm³/mol. The molecule has 9 heteroatoms. The summed E-state index contributed by atoms with van der Waals surface area (Å²) in [6, 6.07) is 6.32. The third kappa shape index (κ3) is 3.82. The summed E-state index contributed by atoms with van der Waals surface area (Å²) < 4.78 is 60.8. The minimum atomic E-state index is -4.54. The lowest BCUT2D eigenvalue weighted by molar-refractivity contribution is -0.139. The van der Waals surface area contributed by atoms with Crippen LogP contribution in [0.3, 0.4) is 0 Å². The van der Waals surface area contributed by atoms with Crippen molar-refractivity contribution >= 4 is 32.7 Å². The number of fused-ring (bicyclic) bond motifs is 5. The zero-order valence-corrected chi connectivity index (χ0v) is 17.7. The first-order valence-electron chi connectivity index (χ1n) is 9.41. The number of halogens is 5. The van der Waals surface area contributed by atoms with E-state index in [2.05, 4.69) is 31.2 Å². The van der Waals surface area contributed by atoms with Crippen LogP contribution in [0.1, 0.15) is 49.2 Å². The molecule has 2 atom stereocenters. The molecule has 0 saturated heterocycles. The molecule has 2 heterocycles. The number of benzene rings is 2. The molecule has 3 aromatic rings. The summed E-state index contributed by atoms with van der Waals surface area (Å²) in [5.74, 6) is 0.0738. The highest BCUT2D eigenvalue weighted by molar-refractivity contribution is 9.10. The molecule has 0 fully saturated rings. The zero-order chi connectivity index (χ0) is 21.6. The lowest BCUT2D eigenvalue weighted by Gasteiger charge is -2.22.